The van der Waals surface area contributed by atoms with Crippen LogP contribution in [0.2, 0.25) is 18.1 Å². The second kappa shape index (κ2) is 8.83. The molecule has 1 saturated heterocycles. The molecule has 1 aliphatic rings. The lowest BCUT2D eigenvalue weighted by atomic mass is 10.2. The Morgan fingerprint density at radius 2 is 2.03 bits per heavy atom. The van der Waals surface area contributed by atoms with E-state index in [4.69, 9.17) is 9.47 Å². The van der Waals surface area contributed by atoms with E-state index in [1.165, 1.54) is 16.8 Å². The van der Waals surface area contributed by atoms with Gasteiger partial charge in [0.15, 0.2) is 0 Å². The van der Waals surface area contributed by atoms with E-state index in [0.717, 1.165) is 6.42 Å². The number of nitrogens with zero attached hydrogens (tertiary/aromatic N) is 1. The number of allylic oxidation sites excluding steroid dienone is 1. The maximum absolute atomic E-state index is 12.4. The molecule has 1 aromatic heterocycles. The molecule has 162 valence electrons. The fourth-order valence-electron chi connectivity index (χ4n) is 3.37. The number of esters is 1. The van der Waals surface area contributed by atoms with Crippen LogP contribution in [0.15, 0.2) is 27.9 Å². The molecule has 8 heteroatoms. The van der Waals surface area contributed by atoms with Crippen LogP contribution in [0.5, 0.6) is 0 Å². The van der Waals surface area contributed by atoms with Crippen LogP contribution in [-0.4, -0.2) is 35.4 Å². The van der Waals surface area contributed by atoms with Crippen LogP contribution in [0.25, 0.3) is 0 Å². The predicted octanol–water partition coefficient (Wildman–Crippen LogP) is 3.45. The molecule has 0 bridgehead atoms. The minimum atomic E-state index is -2.11. The maximum Gasteiger partial charge on any atom is 0.330 e. The second-order valence-electron chi connectivity index (χ2n) is 9.32. The Balaban J connectivity index is 2.32. The summed E-state index contributed by atoms with van der Waals surface area (Å²) >= 11 is 0. The standard InChI is InChI=1S/C21H34N2O5Si/c1-8-9-10-17(24)28-19(29(6,7)21(3,4)5)15-11-12-16(27-15)23-13-14(2)18(25)22-20(23)26/h9-10,13,15-16,19H,8,11-12H2,1-7H3,(H,22,25,26)/t15-,16+,19?/m0/s1. The van der Waals surface area contributed by atoms with Crippen LogP contribution >= 0.6 is 0 Å². The van der Waals surface area contributed by atoms with Crippen molar-refractivity contribution in [3.05, 3.63) is 44.8 Å². The van der Waals surface area contributed by atoms with Gasteiger partial charge < -0.3 is 9.47 Å². The third-order valence-corrected chi connectivity index (χ3v) is 12.0. The number of aromatic nitrogens is 2. The molecule has 7 nitrogen and oxygen atoms in total. The fraction of sp³-hybridized carbons (Fsp3) is 0.667. The highest BCUT2D eigenvalue weighted by atomic mass is 28.3. The van der Waals surface area contributed by atoms with Gasteiger partial charge in [0.05, 0.1) is 6.10 Å². The van der Waals surface area contributed by atoms with Gasteiger partial charge in [0.1, 0.15) is 20.0 Å². The summed E-state index contributed by atoms with van der Waals surface area (Å²) < 4.78 is 13.6. The monoisotopic (exact) mass is 422 g/mol. The average Bonchev–Trinajstić information content (AvgIpc) is 3.09. The van der Waals surface area contributed by atoms with Crippen molar-refractivity contribution in [1.29, 1.82) is 0 Å². The van der Waals surface area contributed by atoms with Gasteiger partial charge >= 0.3 is 11.7 Å². The summed E-state index contributed by atoms with van der Waals surface area (Å²) in [5.41, 5.74) is -0.774. The SMILES string of the molecule is CCC=CC(=O)OC([C@@H]1CC[C@H](n2cc(C)c(=O)[nH]c2=O)O1)[Si](C)(C)C(C)(C)C. The van der Waals surface area contributed by atoms with Gasteiger partial charge in [-0.3, -0.25) is 14.3 Å². The third kappa shape index (κ3) is 5.16. The Morgan fingerprint density at radius 1 is 1.38 bits per heavy atom. The van der Waals surface area contributed by atoms with E-state index < -0.39 is 25.6 Å². The minimum Gasteiger partial charge on any atom is -0.460 e. The Labute approximate surface area is 173 Å². The number of rotatable bonds is 6. The highest BCUT2D eigenvalue weighted by Gasteiger charge is 2.50. The van der Waals surface area contributed by atoms with E-state index in [1.807, 2.05) is 6.92 Å². The zero-order valence-corrected chi connectivity index (χ0v) is 19.6. The second-order valence-corrected chi connectivity index (χ2v) is 14.8. The van der Waals surface area contributed by atoms with Gasteiger partial charge in [-0.05, 0) is 31.2 Å². The molecular weight excluding hydrogens is 388 g/mol. The number of hydrogen-bond acceptors (Lipinski definition) is 5. The first-order chi connectivity index (χ1) is 13.4. The lowest BCUT2D eigenvalue weighted by Crippen LogP contribution is -2.56. The molecule has 0 amide bonds. The van der Waals surface area contributed by atoms with Gasteiger partial charge in [0, 0.05) is 17.8 Å². The number of H-pyrrole nitrogens is 1. The Bertz CT molecular complexity index is 878. The minimum absolute atomic E-state index is 0.0146. The Hall–Kier alpha value is -1.93. The van der Waals surface area contributed by atoms with Gasteiger partial charge in [-0.1, -0.05) is 46.9 Å². The molecule has 2 rings (SSSR count). The summed E-state index contributed by atoms with van der Waals surface area (Å²) in [6, 6.07) is 0. The molecule has 0 spiro atoms. The third-order valence-electron chi connectivity index (χ3n) is 6.20. The van der Waals surface area contributed by atoms with Crippen molar-refractivity contribution >= 4 is 14.0 Å². The highest BCUT2D eigenvalue weighted by molar-refractivity contribution is 6.81. The molecule has 1 aromatic rings. The summed E-state index contributed by atoms with van der Waals surface area (Å²) in [5.74, 6) is -0.356. The van der Waals surface area contributed by atoms with Gasteiger partial charge in [-0.15, -0.1) is 0 Å². The van der Waals surface area contributed by atoms with Crippen LogP contribution in [-0.2, 0) is 14.3 Å². The molecule has 2 heterocycles. The smallest absolute Gasteiger partial charge is 0.330 e. The van der Waals surface area contributed by atoms with E-state index in [2.05, 4.69) is 38.8 Å². The molecular formula is C21H34N2O5Si. The van der Waals surface area contributed by atoms with E-state index in [0.29, 0.717) is 18.4 Å². The normalized spacial score (nSPS) is 21.5. The van der Waals surface area contributed by atoms with Gasteiger partial charge in [-0.2, -0.15) is 0 Å². The van der Waals surface area contributed by atoms with Crippen molar-refractivity contribution in [2.24, 2.45) is 0 Å². The van der Waals surface area contributed by atoms with Gasteiger partial charge in [0.2, 0.25) is 0 Å². The van der Waals surface area contributed by atoms with E-state index in [1.54, 1.807) is 13.0 Å². The number of ether oxygens (including phenoxy) is 2. The van der Waals surface area contributed by atoms with Crippen molar-refractivity contribution < 1.29 is 14.3 Å². The van der Waals surface area contributed by atoms with Crippen LogP contribution in [0.1, 0.15) is 58.7 Å². The van der Waals surface area contributed by atoms with Crippen LogP contribution in [0.3, 0.4) is 0 Å². The molecule has 1 N–H and O–H groups in total. The number of hydrogen-bond donors (Lipinski definition) is 1. The van der Waals surface area contributed by atoms with Crippen molar-refractivity contribution in [3.8, 4) is 0 Å². The molecule has 1 unspecified atom stereocenters. The molecule has 29 heavy (non-hydrogen) atoms. The first-order valence-corrected chi connectivity index (χ1v) is 13.3. The van der Waals surface area contributed by atoms with E-state index >= 15 is 0 Å². The predicted molar refractivity (Wildman–Crippen MR) is 116 cm³/mol. The number of carbonyl (C=O) groups is 1. The first kappa shape index (κ1) is 23.3. The summed E-state index contributed by atoms with van der Waals surface area (Å²) in [5, 5.41) is -0.0146. The van der Waals surface area contributed by atoms with Gasteiger partial charge in [0.25, 0.3) is 5.56 Å². The molecule has 3 atom stereocenters. The lowest BCUT2D eigenvalue weighted by molar-refractivity contribution is -0.147. The van der Waals surface area contributed by atoms with E-state index in [9.17, 15) is 14.4 Å². The molecule has 1 aliphatic heterocycles. The van der Waals surface area contributed by atoms with Crippen molar-refractivity contribution in [3.63, 3.8) is 0 Å². The molecule has 0 aromatic carbocycles. The zero-order chi connectivity index (χ0) is 22.0. The Kier molecular flexibility index (Phi) is 7.11. The summed E-state index contributed by atoms with van der Waals surface area (Å²) in [4.78, 5) is 38.6. The maximum atomic E-state index is 12.4. The summed E-state index contributed by atoms with van der Waals surface area (Å²) in [7, 11) is -2.11. The fourth-order valence-corrected chi connectivity index (χ4v) is 5.80. The summed E-state index contributed by atoms with van der Waals surface area (Å²) in [6.45, 7) is 14.5. The number of aromatic amines is 1. The zero-order valence-electron chi connectivity index (χ0n) is 18.6. The molecule has 0 saturated carbocycles. The van der Waals surface area contributed by atoms with E-state index in [-0.39, 0.29) is 22.8 Å². The van der Waals surface area contributed by atoms with Crippen LogP contribution in [0, 0.1) is 6.92 Å². The Morgan fingerprint density at radius 3 is 2.62 bits per heavy atom. The van der Waals surface area contributed by atoms with Crippen LogP contribution in [0.4, 0.5) is 0 Å². The van der Waals surface area contributed by atoms with Crippen LogP contribution < -0.4 is 11.2 Å². The lowest BCUT2D eigenvalue weighted by Gasteiger charge is -2.44. The van der Waals surface area contributed by atoms with Gasteiger partial charge in [-0.25, -0.2) is 9.59 Å². The number of aryl methyl sites for hydroxylation is 1. The molecule has 0 radical (unpaired) electrons. The quantitative estimate of drug-likeness (QED) is 0.431. The van der Waals surface area contributed by atoms with Crippen molar-refractivity contribution in [1.82, 2.24) is 9.55 Å². The number of carbonyl (C=O) groups excluding carboxylic acids is 1. The summed E-state index contributed by atoms with van der Waals surface area (Å²) in [6.07, 6.45) is 6.07. The molecule has 1 fully saturated rings. The largest absolute Gasteiger partial charge is 0.460 e. The van der Waals surface area contributed by atoms with Crippen molar-refractivity contribution in [2.75, 3.05) is 0 Å². The highest BCUT2D eigenvalue weighted by Crippen LogP contribution is 2.43. The first-order valence-electron chi connectivity index (χ1n) is 10.2. The number of nitrogens with one attached hydrogen (secondary N) is 1. The average molecular weight is 423 g/mol. The molecule has 0 aliphatic carbocycles. The topological polar surface area (TPSA) is 90.4 Å². The van der Waals surface area contributed by atoms with Crippen molar-refractivity contribution in [2.45, 2.75) is 90.1 Å².